The topological polar surface area (TPSA) is 55.5 Å². The second-order valence-electron chi connectivity index (χ2n) is 6.66. The summed E-state index contributed by atoms with van der Waals surface area (Å²) in [6.45, 7) is 3.49. The maximum Gasteiger partial charge on any atom is 0.258 e. The molecule has 1 fully saturated rings. The average molecular weight is 348 g/mol. The monoisotopic (exact) mass is 348 g/mol. The fourth-order valence-electron chi connectivity index (χ4n) is 3.22. The SMILES string of the molecule is C[NH+]1CCN(C(=O)c2cn(-c3ccccc3)nc2-c2cccnc2)CC1. The zero-order valence-electron chi connectivity index (χ0n) is 14.8. The van der Waals surface area contributed by atoms with Gasteiger partial charge >= 0.3 is 0 Å². The minimum Gasteiger partial charge on any atom is -0.334 e. The molecular formula is C20H22N5O+. The van der Waals surface area contributed by atoms with Crippen molar-refractivity contribution in [3.63, 3.8) is 0 Å². The van der Waals surface area contributed by atoms with Crippen molar-refractivity contribution in [2.45, 2.75) is 0 Å². The molecule has 3 aromatic rings. The summed E-state index contributed by atoms with van der Waals surface area (Å²) in [4.78, 5) is 20.8. The largest absolute Gasteiger partial charge is 0.334 e. The van der Waals surface area contributed by atoms with Crippen molar-refractivity contribution in [2.24, 2.45) is 0 Å². The third kappa shape index (κ3) is 3.23. The van der Waals surface area contributed by atoms with E-state index in [0.717, 1.165) is 37.4 Å². The van der Waals surface area contributed by atoms with Gasteiger partial charge in [0.05, 0.1) is 44.5 Å². The zero-order chi connectivity index (χ0) is 17.9. The predicted octanol–water partition coefficient (Wildman–Crippen LogP) is 0.905. The minimum atomic E-state index is 0.0403. The molecule has 6 heteroatoms. The predicted molar refractivity (Wildman–Crippen MR) is 99.3 cm³/mol. The van der Waals surface area contributed by atoms with Crippen LogP contribution < -0.4 is 4.90 Å². The summed E-state index contributed by atoms with van der Waals surface area (Å²) in [6, 6.07) is 13.7. The van der Waals surface area contributed by atoms with Crippen LogP contribution in [0.4, 0.5) is 0 Å². The molecule has 0 unspecified atom stereocenters. The van der Waals surface area contributed by atoms with E-state index >= 15 is 0 Å². The maximum atomic E-state index is 13.2. The average Bonchev–Trinajstić information content (AvgIpc) is 3.15. The third-order valence-electron chi connectivity index (χ3n) is 4.80. The lowest BCUT2D eigenvalue weighted by atomic mass is 10.1. The molecule has 3 heterocycles. The van der Waals surface area contributed by atoms with Gasteiger partial charge in [0.1, 0.15) is 5.69 Å². The van der Waals surface area contributed by atoms with Gasteiger partial charge < -0.3 is 9.80 Å². The number of hydrogen-bond acceptors (Lipinski definition) is 3. The molecule has 1 amide bonds. The Hall–Kier alpha value is -2.99. The molecule has 0 spiro atoms. The molecule has 0 atom stereocenters. The lowest BCUT2D eigenvalue weighted by Crippen LogP contribution is -3.12. The first-order chi connectivity index (χ1) is 12.7. The minimum absolute atomic E-state index is 0.0403. The van der Waals surface area contributed by atoms with Gasteiger partial charge in [0.15, 0.2) is 0 Å². The number of nitrogens with zero attached hydrogens (tertiary/aromatic N) is 4. The molecule has 2 aromatic heterocycles. The molecular weight excluding hydrogens is 326 g/mol. The molecule has 26 heavy (non-hydrogen) atoms. The number of likely N-dealkylation sites (N-methyl/N-ethyl adjacent to an activating group) is 1. The number of benzene rings is 1. The Bertz CT molecular complexity index is 883. The second kappa shape index (κ2) is 7.09. The van der Waals surface area contributed by atoms with Crippen molar-refractivity contribution in [1.29, 1.82) is 0 Å². The number of rotatable bonds is 3. The number of hydrogen-bond donors (Lipinski definition) is 1. The molecule has 1 N–H and O–H groups in total. The fraction of sp³-hybridized carbons (Fsp3) is 0.250. The summed E-state index contributed by atoms with van der Waals surface area (Å²) in [6.07, 6.45) is 5.32. The van der Waals surface area contributed by atoms with Crippen LogP contribution in [0.2, 0.25) is 0 Å². The first-order valence-electron chi connectivity index (χ1n) is 8.88. The molecule has 4 rings (SSSR count). The number of aromatic nitrogens is 3. The van der Waals surface area contributed by atoms with Gasteiger partial charge in [-0.1, -0.05) is 18.2 Å². The zero-order valence-corrected chi connectivity index (χ0v) is 14.8. The molecule has 0 radical (unpaired) electrons. The lowest BCUT2D eigenvalue weighted by Gasteiger charge is -2.30. The highest BCUT2D eigenvalue weighted by Crippen LogP contribution is 2.24. The number of carbonyl (C=O) groups excluding carboxylic acids is 1. The van der Waals surface area contributed by atoms with E-state index < -0.39 is 0 Å². The smallest absolute Gasteiger partial charge is 0.258 e. The van der Waals surface area contributed by atoms with Gasteiger partial charge in [-0.3, -0.25) is 9.78 Å². The van der Waals surface area contributed by atoms with Crippen molar-refractivity contribution in [3.05, 3.63) is 66.6 Å². The molecule has 1 aromatic carbocycles. The molecule has 6 nitrogen and oxygen atoms in total. The second-order valence-corrected chi connectivity index (χ2v) is 6.66. The molecule has 132 valence electrons. The summed E-state index contributed by atoms with van der Waals surface area (Å²) < 4.78 is 1.77. The van der Waals surface area contributed by atoms with E-state index in [1.54, 1.807) is 17.1 Å². The van der Waals surface area contributed by atoms with E-state index in [1.165, 1.54) is 4.90 Å². The van der Waals surface area contributed by atoms with Crippen LogP contribution in [0, 0.1) is 0 Å². The Kier molecular flexibility index (Phi) is 4.50. The summed E-state index contributed by atoms with van der Waals surface area (Å²) >= 11 is 0. The number of carbonyl (C=O) groups is 1. The van der Waals surface area contributed by atoms with E-state index in [-0.39, 0.29) is 5.91 Å². The standard InChI is InChI=1S/C20H21N5O/c1-23-10-12-24(13-11-23)20(26)18-15-25(17-7-3-2-4-8-17)22-19(18)16-6-5-9-21-14-16/h2-9,14-15H,10-13H2,1H3/p+1. The van der Waals surface area contributed by atoms with Gasteiger partial charge in [0, 0.05) is 24.2 Å². The van der Waals surface area contributed by atoms with Gasteiger partial charge in [-0.05, 0) is 24.3 Å². The van der Waals surface area contributed by atoms with Crippen LogP contribution in [0.1, 0.15) is 10.4 Å². The van der Waals surface area contributed by atoms with Crippen LogP contribution in [-0.2, 0) is 0 Å². The van der Waals surface area contributed by atoms with E-state index in [9.17, 15) is 4.79 Å². The van der Waals surface area contributed by atoms with Crippen LogP contribution in [-0.4, -0.2) is 58.8 Å². The Morgan fingerprint density at radius 3 is 2.54 bits per heavy atom. The maximum absolute atomic E-state index is 13.2. The van der Waals surface area contributed by atoms with Crippen LogP contribution >= 0.6 is 0 Å². The van der Waals surface area contributed by atoms with Crippen LogP contribution in [0.15, 0.2) is 61.1 Å². The highest BCUT2D eigenvalue weighted by atomic mass is 16.2. The number of nitrogens with one attached hydrogen (secondary N) is 1. The Labute approximate surface area is 152 Å². The first-order valence-corrected chi connectivity index (χ1v) is 8.88. The highest BCUT2D eigenvalue weighted by molar-refractivity contribution is 6.00. The molecule has 1 aliphatic heterocycles. The van der Waals surface area contributed by atoms with Crippen molar-refractivity contribution in [3.8, 4) is 16.9 Å². The van der Waals surface area contributed by atoms with E-state index in [4.69, 9.17) is 5.10 Å². The number of quaternary nitrogens is 1. The van der Waals surface area contributed by atoms with Gasteiger partial charge in [0.25, 0.3) is 5.91 Å². The van der Waals surface area contributed by atoms with Crippen molar-refractivity contribution >= 4 is 5.91 Å². The number of pyridine rings is 1. The molecule has 1 aliphatic rings. The van der Waals surface area contributed by atoms with E-state index in [0.29, 0.717) is 11.3 Å². The van der Waals surface area contributed by atoms with E-state index in [2.05, 4.69) is 12.0 Å². The van der Waals surface area contributed by atoms with Crippen molar-refractivity contribution in [1.82, 2.24) is 19.7 Å². The lowest BCUT2D eigenvalue weighted by molar-refractivity contribution is -0.883. The summed E-state index contributed by atoms with van der Waals surface area (Å²) in [5.74, 6) is 0.0403. The quantitative estimate of drug-likeness (QED) is 0.765. The normalized spacial score (nSPS) is 15.2. The Balaban J connectivity index is 1.74. The molecule has 1 saturated heterocycles. The fourth-order valence-corrected chi connectivity index (χ4v) is 3.22. The van der Waals surface area contributed by atoms with Gasteiger partial charge in [-0.2, -0.15) is 5.10 Å². The number of para-hydroxylation sites is 1. The van der Waals surface area contributed by atoms with Gasteiger partial charge in [-0.15, -0.1) is 0 Å². The first kappa shape index (κ1) is 16.5. The Morgan fingerprint density at radius 2 is 1.85 bits per heavy atom. The van der Waals surface area contributed by atoms with E-state index in [1.807, 2.05) is 53.6 Å². The summed E-state index contributed by atoms with van der Waals surface area (Å²) in [7, 11) is 2.16. The third-order valence-corrected chi connectivity index (χ3v) is 4.80. The van der Waals surface area contributed by atoms with Crippen molar-refractivity contribution in [2.75, 3.05) is 33.2 Å². The molecule has 0 bridgehead atoms. The Morgan fingerprint density at radius 1 is 1.08 bits per heavy atom. The van der Waals surface area contributed by atoms with Crippen LogP contribution in [0.5, 0.6) is 0 Å². The summed E-state index contributed by atoms with van der Waals surface area (Å²) in [5.41, 5.74) is 3.09. The number of piperazine rings is 1. The molecule has 0 aliphatic carbocycles. The van der Waals surface area contributed by atoms with Crippen LogP contribution in [0.25, 0.3) is 16.9 Å². The summed E-state index contributed by atoms with van der Waals surface area (Å²) in [5, 5.41) is 4.71. The highest BCUT2D eigenvalue weighted by Gasteiger charge is 2.27. The number of amides is 1. The van der Waals surface area contributed by atoms with Gasteiger partial charge in [0.2, 0.25) is 0 Å². The van der Waals surface area contributed by atoms with Gasteiger partial charge in [-0.25, -0.2) is 4.68 Å². The van der Waals surface area contributed by atoms with Crippen molar-refractivity contribution < 1.29 is 9.69 Å². The van der Waals surface area contributed by atoms with Crippen LogP contribution in [0.3, 0.4) is 0 Å². The molecule has 0 saturated carbocycles.